The average Bonchev–Trinajstić information content (AvgIpc) is 3.31. The van der Waals surface area contributed by atoms with Gasteiger partial charge in [0.25, 0.3) is 0 Å². The van der Waals surface area contributed by atoms with Gasteiger partial charge < -0.3 is 15.0 Å². The summed E-state index contributed by atoms with van der Waals surface area (Å²) in [4.78, 5) is 0. The molecule has 9 atom stereocenters. The largest absolute Gasteiger partial charge is 0.783 e. The second-order valence-corrected chi connectivity index (χ2v) is 15.0. The molecule has 5 rings (SSSR count). The van der Waals surface area contributed by atoms with Crippen molar-refractivity contribution >= 4 is 0 Å². The Hall–Kier alpha value is -0.120. The molecule has 3 heteroatoms. The molecule has 0 amide bonds. The zero-order valence-electron chi connectivity index (χ0n) is 23.5. The van der Waals surface area contributed by atoms with Gasteiger partial charge in [-0.1, -0.05) is 67.7 Å². The van der Waals surface area contributed by atoms with Crippen molar-refractivity contribution in [1.29, 1.82) is 0 Å². The highest BCUT2D eigenvalue weighted by molar-refractivity contribution is 5.16. The molecule has 5 aliphatic rings. The number of hydroxylamine groups is 2. The predicted molar refractivity (Wildman–Crippen MR) is 141 cm³/mol. The minimum atomic E-state index is -0.572. The minimum Gasteiger partial charge on any atom is -0.783 e. The molecule has 0 aromatic heterocycles. The fraction of sp³-hybridized carbons (Fsp3) is 1.00. The molecule has 0 aromatic carbocycles. The number of hydrogen-bond acceptors (Lipinski definition) is 3. The summed E-state index contributed by atoms with van der Waals surface area (Å²) in [7, 11) is 0. The molecule has 1 aliphatic heterocycles. The Labute approximate surface area is 210 Å². The topological polar surface area (TPSA) is 35.5 Å². The van der Waals surface area contributed by atoms with Gasteiger partial charge in [-0.05, 0) is 104 Å². The van der Waals surface area contributed by atoms with Crippen molar-refractivity contribution in [3.8, 4) is 0 Å². The normalized spacial score (nSPS) is 49.1. The van der Waals surface area contributed by atoms with E-state index >= 15 is 0 Å². The molecule has 3 nitrogen and oxygen atoms in total. The lowest BCUT2D eigenvalue weighted by atomic mass is 9.40. The smallest absolute Gasteiger partial charge is 0.116 e. The first-order valence-electron chi connectivity index (χ1n) is 15.1. The van der Waals surface area contributed by atoms with E-state index in [1.54, 1.807) is 0 Å². The van der Waals surface area contributed by atoms with Crippen LogP contribution in [0.1, 0.15) is 119 Å². The maximum Gasteiger partial charge on any atom is 0.116 e. The summed E-state index contributed by atoms with van der Waals surface area (Å²) in [6.07, 6.45) is 14.8. The van der Waals surface area contributed by atoms with E-state index in [4.69, 9.17) is 4.74 Å². The van der Waals surface area contributed by atoms with E-state index in [-0.39, 0.29) is 5.41 Å². The molecular weight excluding hydrogens is 418 g/mol. The molecule has 1 heterocycles. The molecule has 1 spiro atoms. The molecule has 5 fully saturated rings. The molecule has 0 radical (unpaired) electrons. The van der Waals surface area contributed by atoms with Gasteiger partial charge in [0.15, 0.2) is 0 Å². The summed E-state index contributed by atoms with van der Waals surface area (Å²) in [6, 6.07) is 0. The maximum absolute atomic E-state index is 13.0. The lowest BCUT2D eigenvalue weighted by Crippen LogP contribution is -2.66. The van der Waals surface area contributed by atoms with Crippen molar-refractivity contribution < 1.29 is 4.74 Å². The number of hydrogen-bond donors (Lipinski definition) is 0. The van der Waals surface area contributed by atoms with Gasteiger partial charge in [-0.15, -0.1) is 0 Å². The monoisotopic (exact) mass is 472 g/mol. The maximum atomic E-state index is 13.0. The highest BCUT2D eigenvalue weighted by Gasteiger charge is 2.67. The van der Waals surface area contributed by atoms with Gasteiger partial charge in [0.05, 0.1) is 6.61 Å². The SMILES string of the molecule is CC(C)CCC[C@@H](C)[C@H]1CC[C@H]2[C@@H]3CC[C@H]4C(C)(C)C5(CC[C@]4(C)[C@H]3CC[C@]12C)OCCN5[O-]. The summed E-state index contributed by atoms with van der Waals surface area (Å²) in [5.74, 6) is 5.94. The lowest BCUT2D eigenvalue weighted by Gasteiger charge is -2.69. The van der Waals surface area contributed by atoms with Gasteiger partial charge >= 0.3 is 0 Å². The van der Waals surface area contributed by atoms with Crippen LogP contribution in [0, 0.1) is 62.9 Å². The second-order valence-electron chi connectivity index (χ2n) is 15.0. The average molecular weight is 473 g/mol. The van der Waals surface area contributed by atoms with Gasteiger partial charge in [0.1, 0.15) is 5.72 Å². The Bertz CT molecular complexity index is 750. The van der Waals surface area contributed by atoms with E-state index in [1.807, 2.05) is 0 Å². The number of nitrogens with zero attached hydrogens (tertiary/aromatic N) is 1. The summed E-state index contributed by atoms with van der Waals surface area (Å²) in [5, 5.41) is 14.4. The highest BCUT2D eigenvalue weighted by atomic mass is 16.6. The number of fused-ring (bicyclic) bond motifs is 5. The Morgan fingerprint density at radius 2 is 1.59 bits per heavy atom. The van der Waals surface area contributed by atoms with Crippen LogP contribution in [0.4, 0.5) is 0 Å². The van der Waals surface area contributed by atoms with Crippen LogP contribution in [0.25, 0.3) is 0 Å². The van der Waals surface area contributed by atoms with Crippen LogP contribution in [-0.4, -0.2) is 23.9 Å². The summed E-state index contributed by atoms with van der Waals surface area (Å²) in [6.45, 7) is 18.6. The van der Waals surface area contributed by atoms with Gasteiger partial charge in [-0.2, -0.15) is 0 Å². The standard InChI is InChI=1S/C31H54NO2/c1-21(2)9-8-10-22(3)24-12-13-25-23-11-14-27-28(4,5)31(32(33)19-20-34-31)18-17-30(27,7)26(23)15-16-29(24,25)6/h21-27H,8-20H2,1-7H3/q-1/t22-,23+,24-,25+,26+,27+,29-,30-,31?/m1/s1. The summed E-state index contributed by atoms with van der Waals surface area (Å²) < 4.78 is 6.33. The van der Waals surface area contributed by atoms with Crippen molar-refractivity contribution in [2.45, 2.75) is 125 Å². The van der Waals surface area contributed by atoms with Gasteiger partial charge in [-0.25, -0.2) is 0 Å². The van der Waals surface area contributed by atoms with E-state index in [2.05, 4.69) is 48.5 Å². The van der Waals surface area contributed by atoms with E-state index in [0.717, 1.165) is 41.9 Å². The first-order valence-corrected chi connectivity index (χ1v) is 15.1. The van der Waals surface area contributed by atoms with Crippen molar-refractivity contribution in [2.24, 2.45) is 57.7 Å². The van der Waals surface area contributed by atoms with Crippen molar-refractivity contribution in [2.75, 3.05) is 13.2 Å². The Kier molecular flexibility index (Phi) is 6.55. The molecule has 4 saturated carbocycles. The Morgan fingerprint density at radius 1 is 0.853 bits per heavy atom. The van der Waals surface area contributed by atoms with E-state index in [9.17, 15) is 5.21 Å². The zero-order valence-corrected chi connectivity index (χ0v) is 23.5. The third kappa shape index (κ3) is 3.52. The van der Waals surface area contributed by atoms with Crippen molar-refractivity contribution in [1.82, 2.24) is 5.06 Å². The fourth-order valence-corrected chi connectivity index (χ4v) is 11.3. The Balaban J connectivity index is 1.34. The molecule has 1 unspecified atom stereocenters. The van der Waals surface area contributed by atoms with Crippen molar-refractivity contribution in [3.05, 3.63) is 5.21 Å². The molecule has 4 aliphatic carbocycles. The van der Waals surface area contributed by atoms with Crippen LogP contribution in [0.3, 0.4) is 0 Å². The van der Waals surface area contributed by atoms with Crippen LogP contribution in [-0.2, 0) is 4.74 Å². The highest BCUT2D eigenvalue weighted by Crippen LogP contribution is 2.72. The van der Waals surface area contributed by atoms with Crippen molar-refractivity contribution in [3.63, 3.8) is 0 Å². The van der Waals surface area contributed by atoms with Crippen LogP contribution < -0.4 is 0 Å². The number of rotatable bonds is 5. The Morgan fingerprint density at radius 3 is 2.26 bits per heavy atom. The zero-order chi connectivity index (χ0) is 24.5. The van der Waals surface area contributed by atoms with E-state index in [0.29, 0.717) is 29.9 Å². The van der Waals surface area contributed by atoms with Gasteiger partial charge in [0, 0.05) is 12.0 Å². The van der Waals surface area contributed by atoms with Gasteiger partial charge in [0.2, 0.25) is 0 Å². The molecule has 0 N–H and O–H groups in total. The predicted octanol–water partition coefficient (Wildman–Crippen LogP) is 8.27. The fourth-order valence-electron chi connectivity index (χ4n) is 11.3. The van der Waals surface area contributed by atoms with Crippen LogP contribution in [0.2, 0.25) is 0 Å². The third-order valence-corrected chi connectivity index (χ3v) is 13.0. The van der Waals surface area contributed by atoms with Crippen LogP contribution >= 0.6 is 0 Å². The van der Waals surface area contributed by atoms with Crippen LogP contribution in [0.15, 0.2) is 0 Å². The lowest BCUT2D eigenvalue weighted by molar-refractivity contribution is -0.254. The minimum absolute atomic E-state index is 0.0763. The van der Waals surface area contributed by atoms with Gasteiger partial charge in [-0.3, -0.25) is 0 Å². The second kappa shape index (κ2) is 8.73. The molecular formula is C31H54NO2-. The number of ether oxygens (including phenoxy) is 1. The quantitative estimate of drug-likeness (QED) is 0.404. The molecule has 34 heavy (non-hydrogen) atoms. The summed E-state index contributed by atoms with van der Waals surface area (Å²) >= 11 is 0. The third-order valence-electron chi connectivity index (χ3n) is 13.0. The molecule has 196 valence electrons. The molecule has 0 bridgehead atoms. The summed E-state index contributed by atoms with van der Waals surface area (Å²) in [5.41, 5.74) is 0.282. The molecule has 1 saturated heterocycles. The van der Waals surface area contributed by atoms with E-state index < -0.39 is 5.72 Å². The first-order chi connectivity index (χ1) is 16.0. The van der Waals surface area contributed by atoms with E-state index in [1.165, 1.54) is 69.3 Å². The van der Waals surface area contributed by atoms with Crippen LogP contribution in [0.5, 0.6) is 0 Å². The first kappa shape index (κ1) is 25.5. The molecule has 0 aromatic rings.